The maximum atomic E-state index is 13.3. The number of benzene rings is 1. The van der Waals surface area contributed by atoms with E-state index in [-0.39, 0.29) is 17.6 Å². The van der Waals surface area contributed by atoms with Crippen molar-refractivity contribution in [3.8, 4) is 5.69 Å². The van der Waals surface area contributed by atoms with E-state index >= 15 is 0 Å². The molecule has 1 aromatic heterocycles. The van der Waals surface area contributed by atoms with Crippen LogP contribution in [0.2, 0.25) is 0 Å². The van der Waals surface area contributed by atoms with Gasteiger partial charge in [-0.2, -0.15) is 4.68 Å². The van der Waals surface area contributed by atoms with Gasteiger partial charge in [0.1, 0.15) is 5.82 Å². The number of carbonyl (C=O) groups is 1. The normalized spacial score (nSPS) is 14.9. The average molecular weight is 349 g/mol. The maximum absolute atomic E-state index is 13.3. The molecule has 1 aromatic carbocycles. The molecule has 0 spiro atoms. The number of aromatic nitrogens is 4. The van der Waals surface area contributed by atoms with Crippen molar-refractivity contribution < 1.29 is 9.18 Å². The highest BCUT2D eigenvalue weighted by molar-refractivity contribution is 7.99. The van der Waals surface area contributed by atoms with E-state index in [1.165, 1.54) is 28.6 Å². The average Bonchev–Trinajstić information content (AvgIpc) is 3.26. The topological polar surface area (TPSA) is 72.7 Å². The van der Waals surface area contributed by atoms with Crippen molar-refractivity contribution in [3.05, 3.63) is 30.1 Å². The van der Waals surface area contributed by atoms with Crippen LogP contribution >= 0.6 is 11.8 Å². The number of nitrogens with zero attached hydrogens (tertiary/aromatic N) is 4. The van der Waals surface area contributed by atoms with Gasteiger partial charge in [0.15, 0.2) is 0 Å². The van der Waals surface area contributed by atoms with Gasteiger partial charge in [0.2, 0.25) is 11.1 Å². The van der Waals surface area contributed by atoms with Crippen molar-refractivity contribution in [1.29, 1.82) is 0 Å². The molecule has 1 saturated carbocycles. The van der Waals surface area contributed by atoms with E-state index in [1.54, 1.807) is 12.1 Å². The van der Waals surface area contributed by atoms with E-state index in [4.69, 9.17) is 0 Å². The second-order valence-electron chi connectivity index (χ2n) is 5.83. The van der Waals surface area contributed by atoms with E-state index < -0.39 is 0 Å². The van der Waals surface area contributed by atoms with Gasteiger partial charge in [-0.3, -0.25) is 4.79 Å². The number of hydrogen-bond acceptors (Lipinski definition) is 5. The maximum Gasteiger partial charge on any atom is 0.223 e. The number of carbonyl (C=O) groups excluding carboxylic acids is 1. The summed E-state index contributed by atoms with van der Waals surface area (Å²) < 4.78 is 14.8. The van der Waals surface area contributed by atoms with E-state index in [0.29, 0.717) is 17.4 Å². The zero-order valence-corrected chi connectivity index (χ0v) is 14.1. The lowest BCUT2D eigenvalue weighted by molar-refractivity contribution is -0.124. The van der Waals surface area contributed by atoms with Crippen LogP contribution in [-0.4, -0.2) is 38.4 Å². The smallest absolute Gasteiger partial charge is 0.223 e. The molecule has 0 aliphatic heterocycles. The van der Waals surface area contributed by atoms with Crippen LogP contribution in [0.1, 0.15) is 32.1 Å². The minimum Gasteiger partial charge on any atom is -0.356 e. The predicted octanol–water partition coefficient (Wildman–Crippen LogP) is 2.59. The van der Waals surface area contributed by atoms with Gasteiger partial charge in [0.05, 0.1) is 5.69 Å². The number of tetrazole rings is 1. The molecule has 1 aliphatic rings. The fourth-order valence-electron chi connectivity index (χ4n) is 2.82. The molecular formula is C16H20FN5OS. The molecule has 0 atom stereocenters. The summed E-state index contributed by atoms with van der Waals surface area (Å²) in [4.78, 5) is 11.9. The number of thioether (sulfide) groups is 1. The minimum atomic E-state index is -0.325. The lowest BCUT2D eigenvalue weighted by Gasteiger charge is -2.10. The van der Waals surface area contributed by atoms with Gasteiger partial charge < -0.3 is 5.32 Å². The Morgan fingerprint density at radius 2 is 2.21 bits per heavy atom. The van der Waals surface area contributed by atoms with Crippen LogP contribution in [0.5, 0.6) is 0 Å². The highest BCUT2D eigenvalue weighted by Gasteiger charge is 2.21. The van der Waals surface area contributed by atoms with E-state index in [2.05, 4.69) is 20.8 Å². The first-order chi connectivity index (χ1) is 11.7. The Kier molecular flexibility index (Phi) is 5.79. The number of hydrogen-bond donors (Lipinski definition) is 1. The third kappa shape index (κ3) is 4.31. The van der Waals surface area contributed by atoms with Crippen LogP contribution in [0.15, 0.2) is 29.4 Å². The quantitative estimate of drug-likeness (QED) is 0.614. The minimum absolute atomic E-state index is 0.182. The molecule has 6 nitrogen and oxygen atoms in total. The van der Waals surface area contributed by atoms with Crippen LogP contribution in [-0.2, 0) is 4.79 Å². The third-order valence-electron chi connectivity index (χ3n) is 4.07. The first-order valence-corrected chi connectivity index (χ1v) is 9.17. The Morgan fingerprint density at radius 3 is 3.00 bits per heavy atom. The Hall–Kier alpha value is -1.96. The summed E-state index contributed by atoms with van der Waals surface area (Å²) in [6.07, 6.45) is 5.19. The Labute approximate surface area is 144 Å². The molecule has 1 amide bonds. The molecule has 0 bridgehead atoms. The molecule has 0 unspecified atom stereocenters. The molecule has 1 heterocycles. The van der Waals surface area contributed by atoms with Crippen molar-refractivity contribution >= 4 is 17.7 Å². The lowest BCUT2D eigenvalue weighted by atomic mass is 10.1. The monoisotopic (exact) mass is 349 g/mol. The number of amides is 1. The van der Waals surface area contributed by atoms with Gasteiger partial charge in [-0.25, -0.2) is 4.39 Å². The summed E-state index contributed by atoms with van der Waals surface area (Å²) >= 11 is 1.49. The Morgan fingerprint density at radius 1 is 1.38 bits per heavy atom. The number of nitrogens with one attached hydrogen (secondary N) is 1. The summed E-state index contributed by atoms with van der Waals surface area (Å²) in [7, 11) is 0. The lowest BCUT2D eigenvalue weighted by Crippen LogP contribution is -2.30. The van der Waals surface area contributed by atoms with E-state index in [1.807, 2.05) is 0 Å². The molecule has 24 heavy (non-hydrogen) atoms. The molecule has 1 aliphatic carbocycles. The summed E-state index contributed by atoms with van der Waals surface area (Å²) in [6.45, 7) is 0.657. The van der Waals surface area contributed by atoms with Gasteiger partial charge in [0.25, 0.3) is 0 Å². The predicted molar refractivity (Wildman–Crippen MR) is 89.4 cm³/mol. The van der Waals surface area contributed by atoms with Crippen molar-refractivity contribution in [2.75, 3.05) is 12.3 Å². The molecule has 0 radical (unpaired) electrons. The van der Waals surface area contributed by atoms with Gasteiger partial charge in [-0.15, -0.1) is 5.10 Å². The van der Waals surface area contributed by atoms with E-state index in [9.17, 15) is 9.18 Å². The van der Waals surface area contributed by atoms with Crippen LogP contribution in [0.4, 0.5) is 4.39 Å². The van der Waals surface area contributed by atoms with Gasteiger partial charge in [-0.05, 0) is 47.9 Å². The fourth-order valence-corrected chi connectivity index (χ4v) is 3.65. The van der Waals surface area contributed by atoms with Crippen LogP contribution in [0.25, 0.3) is 5.69 Å². The zero-order chi connectivity index (χ0) is 16.8. The highest BCUT2D eigenvalue weighted by Crippen LogP contribution is 2.24. The highest BCUT2D eigenvalue weighted by atomic mass is 32.2. The van der Waals surface area contributed by atoms with Crippen molar-refractivity contribution in [2.24, 2.45) is 5.92 Å². The van der Waals surface area contributed by atoms with Crippen molar-refractivity contribution in [2.45, 2.75) is 37.3 Å². The first-order valence-electron chi connectivity index (χ1n) is 8.19. The number of halogens is 1. The first kappa shape index (κ1) is 16.9. The van der Waals surface area contributed by atoms with Gasteiger partial charge >= 0.3 is 0 Å². The summed E-state index contributed by atoms with van der Waals surface area (Å²) in [5.41, 5.74) is 0.594. The van der Waals surface area contributed by atoms with Gasteiger partial charge in [-0.1, -0.05) is 30.7 Å². The van der Waals surface area contributed by atoms with Crippen molar-refractivity contribution in [1.82, 2.24) is 25.5 Å². The molecule has 1 fully saturated rings. The second-order valence-corrected chi connectivity index (χ2v) is 6.89. The zero-order valence-electron chi connectivity index (χ0n) is 13.3. The van der Waals surface area contributed by atoms with Crippen molar-refractivity contribution in [3.63, 3.8) is 0 Å². The van der Waals surface area contributed by atoms with Crippen LogP contribution in [0.3, 0.4) is 0 Å². The van der Waals surface area contributed by atoms with Crippen LogP contribution < -0.4 is 5.32 Å². The van der Waals surface area contributed by atoms with Crippen LogP contribution in [0, 0.1) is 11.7 Å². The third-order valence-corrected chi connectivity index (χ3v) is 5.08. The summed E-state index contributed by atoms with van der Waals surface area (Å²) in [5, 5.41) is 15.1. The molecule has 128 valence electrons. The number of rotatable bonds is 7. The molecule has 8 heteroatoms. The molecule has 3 rings (SSSR count). The Balaban J connectivity index is 1.44. The molecule has 1 N–H and O–H groups in total. The van der Waals surface area contributed by atoms with E-state index in [0.717, 1.165) is 37.9 Å². The summed E-state index contributed by atoms with van der Waals surface area (Å²) in [6, 6.07) is 6.15. The molecule has 0 saturated heterocycles. The standard InChI is InChI=1S/C16H20FN5OS/c17-13-7-3-8-14(11-13)22-16(19-20-21-22)24-10-4-9-18-15(23)12-5-1-2-6-12/h3,7-8,11-12H,1-2,4-6,9-10H2,(H,18,23). The second kappa shape index (κ2) is 8.23. The SMILES string of the molecule is O=C(NCCCSc1nnnn1-c1cccc(F)c1)C1CCCC1. The summed E-state index contributed by atoms with van der Waals surface area (Å²) in [5.74, 6) is 0.842. The molecule has 2 aromatic rings. The Bertz CT molecular complexity index is 687. The fraction of sp³-hybridized carbons (Fsp3) is 0.500. The molecular weight excluding hydrogens is 329 g/mol. The van der Waals surface area contributed by atoms with Gasteiger partial charge in [0, 0.05) is 18.2 Å². The largest absolute Gasteiger partial charge is 0.356 e.